The monoisotopic (exact) mass is 479 g/mol. The van der Waals surface area contributed by atoms with Crippen molar-refractivity contribution in [3.05, 3.63) is 23.8 Å². The molecule has 0 amide bonds. The highest BCUT2D eigenvalue weighted by Gasteiger charge is 2.06. The number of nitrogens with one attached hydrogen (secondary N) is 2. The minimum Gasteiger partial charge on any atom is -0.493 e. The quantitative estimate of drug-likeness (QED) is 0.208. The fourth-order valence-electron chi connectivity index (χ4n) is 2.18. The molecule has 0 aliphatic heterocycles. The molecule has 150 valence electrons. The molecule has 0 aromatic heterocycles. The van der Waals surface area contributed by atoms with E-state index in [1.165, 1.54) is 0 Å². The second-order valence-electron chi connectivity index (χ2n) is 5.51. The molecule has 0 radical (unpaired) electrons. The Morgan fingerprint density at radius 1 is 1.08 bits per heavy atom. The molecule has 2 N–H and O–H groups in total. The van der Waals surface area contributed by atoms with Crippen LogP contribution in [-0.4, -0.2) is 46.0 Å². The van der Waals surface area contributed by atoms with E-state index in [1.54, 1.807) is 7.11 Å². The molecule has 26 heavy (non-hydrogen) atoms. The number of benzene rings is 1. The van der Waals surface area contributed by atoms with E-state index >= 15 is 0 Å². The molecule has 6 nitrogen and oxygen atoms in total. The molecule has 0 atom stereocenters. The van der Waals surface area contributed by atoms with E-state index in [4.69, 9.17) is 14.2 Å². The zero-order valence-electron chi connectivity index (χ0n) is 16.5. The standard InChI is InChI=1S/C19H33N3O3.HI/c1-5-12-25-17-10-9-16(14-18(17)23-4)15-22-19(20-6-2)21-11-8-13-24-7-3;/h9-10,14H,5-8,11-13,15H2,1-4H3,(H2,20,21,22);1H. The van der Waals surface area contributed by atoms with Crippen LogP contribution < -0.4 is 20.1 Å². The number of hydrogen-bond donors (Lipinski definition) is 2. The van der Waals surface area contributed by atoms with E-state index in [0.717, 1.165) is 62.2 Å². The molecule has 0 aliphatic carbocycles. The molecule has 0 saturated heterocycles. The number of hydrogen-bond acceptors (Lipinski definition) is 4. The van der Waals surface area contributed by atoms with Crippen LogP contribution in [0.3, 0.4) is 0 Å². The Morgan fingerprint density at radius 3 is 2.54 bits per heavy atom. The highest BCUT2D eigenvalue weighted by molar-refractivity contribution is 14.0. The molecular formula is C19H34IN3O3. The fourth-order valence-corrected chi connectivity index (χ4v) is 2.18. The van der Waals surface area contributed by atoms with Crippen LogP contribution in [0, 0.1) is 0 Å². The minimum absolute atomic E-state index is 0. The Kier molecular flexibility index (Phi) is 15.2. The van der Waals surface area contributed by atoms with Gasteiger partial charge >= 0.3 is 0 Å². The van der Waals surface area contributed by atoms with Crippen molar-refractivity contribution < 1.29 is 14.2 Å². The maximum Gasteiger partial charge on any atom is 0.191 e. The summed E-state index contributed by atoms with van der Waals surface area (Å²) in [5.41, 5.74) is 1.08. The van der Waals surface area contributed by atoms with Gasteiger partial charge in [-0.25, -0.2) is 4.99 Å². The summed E-state index contributed by atoms with van der Waals surface area (Å²) in [5, 5.41) is 6.57. The van der Waals surface area contributed by atoms with E-state index in [2.05, 4.69) is 29.5 Å². The lowest BCUT2D eigenvalue weighted by atomic mass is 10.2. The van der Waals surface area contributed by atoms with Crippen LogP contribution in [0.5, 0.6) is 11.5 Å². The minimum atomic E-state index is 0. The van der Waals surface area contributed by atoms with Crippen molar-refractivity contribution in [1.82, 2.24) is 10.6 Å². The molecule has 0 fully saturated rings. The Bertz CT molecular complexity index is 513. The third-order valence-electron chi connectivity index (χ3n) is 3.42. The number of guanidine groups is 1. The van der Waals surface area contributed by atoms with Gasteiger partial charge in [-0.1, -0.05) is 13.0 Å². The van der Waals surface area contributed by atoms with Gasteiger partial charge < -0.3 is 24.8 Å². The molecule has 0 unspecified atom stereocenters. The van der Waals surface area contributed by atoms with Crippen LogP contribution in [0.1, 0.15) is 39.2 Å². The summed E-state index contributed by atoms with van der Waals surface area (Å²) in [4.78, 5) is 4.63. The zero-order chi connectivity index (χ0) is 18.3. The van der Waals surface area contributed by atoms with Gasteiger partial charge in [-0.3, -0.25) is 0 Å². The number of halogens is 1. The predicted molar refractivity (Wildman–Crippen MR) is 118 cm³/mol. The third-order valence-corrected chi connectivity index (χ3v) is 3.42. The molecular weight excluding hydrogens is 445 g/mol. The lowest BCUT2D eigenvalue weighted by molar-refractivity contribution is 0.145. The second-order valence-corrected chi connectivity index (χ2v) is 5.51. The van der Waals surface area contributed by atoms with Crippen molar-refractivity contribution in [2.75, 3.05) is 40.0 Å². The van der Waals surface area contributed by atoms with Gasteiger partial charge in [-0.15, -0.1) is 24.0 Å². The van der Waals surface area contributed by atoms with E-state index < -0.39 is 0 Å². The smallest absolute Gasteiger partial charge is 0.191 e. The van der Waals surface area contributed by atoms with Gasteiger partial charge in [-0.2, -0.15) is 0 Å². The Morgan fingerprint density at radius 2 is 1.88 bits per heavy atom. The first kappa shape index (κ1) is 24.8. The zero-order valence-corrected chi connectivity index (χ0v) is 18.8. The molecule has 0 spiro atoms. The van der Waals surface area contributed by atoms with Crippen molar-refractivity contribution in [3.8, 4) is 11.5 Å². The normalized spacial score (nSPS) is 10.8. The molecule has 0 heterocycles. The van der Waals surface area contributed by atoms with Crippen LogP contribution in [0.15, 0.2) is 23.2 Å². The highest BCUT2D eigenvalue weighted by atomic mass is 127. The summed E-state index contributed by atoms with van der Waals surface area (Å²) in [5.74, 6) is 2.33. The molecule has 1 aromatic rings. The molecule has 0 bridgehead atoms. The summed E-state index contributed by atoms with van der Waals surface area (Å²) in [6.45, 7) is 10.6. The maximum atomic E-state index is 5.68. The van der Waals surface area contributed by atoms with Crippen molar-refractivity contribution in [3.63, 3.8) is 0 Å². The van der Waals surface area contributed by atoms with Gasteiger partial charge in [0.2, 0.25) is 0 Å². The largest absolute Gasteiger partial charge is 0.493 e. The molecule has 1 rings (SSSR count). The van der Waals surface area contributed by atoms with Gasteiger partial charge in [0.15, 0.2) is 17.5 Å². The first-order chi connectivity index (χ1) is 12.2. The lowest BCUT2D eigenvalue weighted by Crippen LogP contribution is -2.38. The van der Waals surface area contributed by atoms with Gasteiger partial charge in [0.1, 0.15) is 0 Å². The summed E-state index contributed by atoms with van der Waals surface area (Å²) in [6, 6.07) is 5.95. The summed E-state index contributed by atoms with van der Waals surface area (Å²) < 4.78 is 16.4. The summed E-state index contributed by atoms with van der Waals surface area (Å²) >= 11 is 0. The van der Waals surface area contributed by atoms with E-state index in [9.17, 15) is 0 Å². The van der Waals surface area contributed by atoms with E-state index in [-0.39, 0.29) is 24.0 Å². The topological polar surface area (TPSA) is 64.1 Å². The first-order valence-corrected chi connectivity index (χ1v) is 9.14. The van der Waals surface area contributed by atoms with Gasteiger partial charge in [0.05, 0.1) is 20.3 Å². The summed E-state index contributed by atoms with van der Waals surface area (Å²) in [6.07, 6.45) is 1.92. The van der Waals surface area contributed by atoms with E-state index in [0.29, 0.717) is 13.2 Å². The van der Waals surface area contributed by atoms with Crippen LogP contribution in [0.25, 0.3) is 0 Å². The Hall–Kier alpha value is -1.22. The van der Waals surface area contributed by atoms with Crippen LogP contribution >= 0.6 is 24.0 Å². The van der Waals surface area contributed by atoms with Gasteiger partial charge in [0, 0.05) is 26.3 Å². The highest BCUT2D eigenvalue weighted by Crippen LogP contribution is 2.28. The van der Waals surface area contributed by atoms with Crippen LogP contribution in [0.2, 0.25) is 0 Å². The molecule has 0 aliphatic rings. The SMILES string of the molecule is CCCOc1ccc(CN=C(NCC)NCCCOCC)cc1OC.I. The molecule has 1 aromatic carbocycles. The van der Waals surface area contributed by atoms with Crippen molar-refractivity contribution in [2.24, 2.45) is 4.99 Å². The third kappa shape index (κ3) is 10.1. The summed E-state index contributed by atoms with van der Waals surface area (Å²) in [7, 11) is 1.66. The second kappa shape index (κ2) is 16.0. The van der Waals surface area contributed by atoms with Gasteiger partial charge in [0.25, 0.3) is 0 Å². The Balaban J connectivity index is 0.00000625. The average molecular weight is 479 g/mol. The number of nitrogens with zero attached hydrogens (tertiary/aromatic N) is 1. The number of ether oxygens (including phenoxy) is 3. The molecule has 0 saturated carbocycles. The van der Waals surface area contributed by atoms with Crippen molar-refractivity contribution in [1.29, 1.82) is 0 Å². The fraction of sp³-hybridized carbons (Fsp3) is 0.632. The average Bonchev–Trinajstić information content (AvgIpc) is 2.64. The number of rotatable bonds is 12. The van der Waals surface area contributed by atoms with Crippen molar-refractivity contribution >= 4 is 29.9 Å². The predicted octanol–water partition coefficient (Wildman–Crippen LogP) is 3.58. The number of aliphatic imine (C=N–C) groups is 1. The van der Waals surface area contributed by atoms with Crippen LogP contribution in [-0.2, 0) is 11.3 Å². The number of methoxy groups -OCH3 is 1. The van der Waals surface area contributed by atoms with Crippen molar-refractivity contribution in [2.45, 2.75) is 40.2 Å². The molecule has 7 heteroatoms. The van der Waals surface area contributed by atoms with Crippen LogP contribution in [0.4, 0.5) is 0 Å². The first-order valence-electron chi connectivity index (χ1n) is 9.14. The van der Waals surface area contributed by atoms with E-state index in [1.807, 2.05) is 25.1 Å². The Labute approximate surface area is 175 Å². The van der Waals surface area contributed by atoms with Gasteiger partial charge in [-0.05, 0) is 44.4 Å². The lowest BCUT2D eigenvalue weighted by Gasteiger charge is -2.13. The maximum absolute atomic E-state index is 5.68.